The maximum absolute atomic E-state index is 11.0. The molecule has 0 bridgehead atoms. The van der Waals surface area contributed by atoms with Crippen LogP contribution < -0.4 is 4.90 Å². The molecule has 20 heavy (non-hydrogen) atoms. The molecule has 1 aromatic carbocycles. The van der Waals surface area contributed by atoms with Crippen molar-refractivity contribution in [3.05, 3.63) is 37.9 Å². The van der Waals surface area contributed by atoms with E-state index in [0.29, 0.717) is 5.56 Å². The molecule has 0 radical (unpaired) electrons. The van der Waals surface area contributed by atoms with E-state index in [1.807, 2.05) is 0 Å². The molecule has 0 unspecified atom stereocenters. The van der Waals surface area contributed by atoms with Gasteiger partial charge in [-0.05, 0) is 12.5 Å². The summed E-state index contributed by atoms with van der Waals surface area (Å²) in [5, 5.41) is 30.9. The fourth-order valence-electron chi connectivity index (χ4n) is 2.16. The molecule has 1 N–H and O–H groups in total. The number of aryl methyl sites for hydroxylation is 1. The summed E-state index contributed by atoms with van der Waals surface area (Å²) in [6.45, 7) is 1.58. The van der Waals surface area contributed by atoms with Crippen molar-refractivity contribution in [2.75, 3.05) is 18.0 Å². The summed E-state index contributed by atoms with van der Waals surface area (Å²) in [6.07, 6.45) is 0. The number of anilines is 1. The highest BCUT2D eigenvalue weighted by Gasteiger charge is 2.40. The van der Waals surface area contributed by atoms with E-state index in [4.69, 9.17) is 5.11 Å². The molecule has 0 aromatic heterocycles. The predicted octanol–water partition coefficient (Wildman–Crippen LogP) is 1.33. The molecular weight excluding hydrogens is 270 g/mol. The Hall–Kier alpha value is -2.71. The topological polar surface area (TPSA) is 127 Å². The number of hydrogen-bond acceptors (Lipinski definition) is 6. The van der Waals surface area contributed by atoms with Crippen LogP contribution in [0.25, 0.3) is 0 Å². The first kappa shape index (κ1) is 13.7. The summed E-state index contributed by atoms with van der Waals surface area (Å²) < 4.78 is 0. The zero-order chi connectivity index (χ0) is 15.0. The lowest BCUT2D eigenvalue weighted by molar-refractivity contribution is -0.392. The molecule has 1 aromatic rings. The molecule has 2 rings (SSSR count). The molecule has 1 aliphatic rings. The average Bonchev–Trinajstić information content (AvgIpc) is 2.27. The van der Waals surface area contributed by atoms with E-state index in [-0.39, 0.29) is 30.2 Å². The van der Waals surface area contributed by atoms with Crippen LogP contribution in [-0.4, -0.2) is 34.0 Å². The lowest BCUT2D eigenvalue weighted by atomic mass is 9.98. The third-order valence-electron chi connectivity index (χ3n) is 3.15. The van der Waals surface area contributed by atoms with Crippen molar-refractivity contribution in [3.8, 4) is 0 Å². The zero-order valence-electron chi connectivity index (χ0n) is 10.5. The van der Waals surface area contributed by atoms with Gasteiger partial charge in [-0.3, -0.25) is 25.0 Å². The number of benzene rings is 1. The second-order valence-corrected chi connectivity index (χ2v) is 4.61. The van der Waals surface area contributed by atoms with Gasteiger partial charge in [0, 0.05) is 25.2 Å². The molecular formula is C11H11N3O6. The average molecular weight is 281 g/mol. The van der Waals surface area contributed by atoms with E-state index in [2.05, 4.69) is 0 Å². The van der Waals surface area contributed by atoms with Crippen molar-refractivity contribution in [2.45, 2.75) is 6.92 Å². The summed E-state index contributed by atoms with van der Waals surface area (Å²) >= 11 is 0. The van der Waals surface area contributed by atoms with E-state index in [1.165, 1.54) is 24.0 Å². The summed E-state index contributed by atoms with van der Waals surface area (Å²) in [4.78, 5) is 32.8. The Morgan fingerprint density at radius 2 is 1.70 bits per heavy atom. The standard InChI is InChI=1S/C11H11N3O6/c1-6-2-8(13(17)18)10(9(3-6)14(19)20)12-4-7(5-12)11(15)16/h2-3,7H,4-5H2,1H3,(H,15,16). The number of carboxylic acid groups (broad SMARTS) is 1. The van der Waals surface area contributed by atoms with Crippen molar-refractivity contribution in [3.63, 3.8) is 0 Å². The van der Waals surface area contributed by atoms with Crippen molar-refractivity contribution in [2.24, 2.45) is 5.92 Å². The quantitative estimate of drug-likeness (QED) is 0.651. The van der Waals surface area contributed by atoms with E-state index in [1.54, 1.807) is 0 Å². The molecule has 1 saturated heterocycles. The van der Waals surface area contributed by atoms with E-state index >= 15 is 0 Å². The van der Waals surface area contributed by atoms with Crippen LogP contribution >= 0.6 is 0 Å². The van der Waals surface area contributed by atoms with Gasteiger partial charge in [0.25, 0.3) is 11.4 Å². The molecule has 9 heteroatoms. The molecule has 0 amide bonds. The van der Waals surface area contributed by atoms with Crippen LogP contribution in [0.5, 0.6) is 0 Å². The molecule has 1 aliphatic heterocycles. The van der Waals surface area contributed by atoms with E-state index in [9.17, 15) is 25.0 Å². The van der Waals surface area contributed by atoms with Crippen molar-refractivity contribution in [1.82, 2.24) is 0 Å². The number of nitro groups is 2. The monoisotopic (exact) mass is 281 g/mol. The minimum Gasteiger partial charge on any atom is -0.481 e. The lowest BCUT2D eigenvalue weighted by Gasteiger charge is -2.37. The van der Waals surface area contributed by atoms with E-state index in [0.717, 1.165) is 0 Å². The first-order valence-corrected chi connectivity index (χ1v) is 5.72. The van der Waals surface area contributed by atoms with Crippen LogP contribution in [0.15, 0.2) is 12.1 Å². The maximum Gasteiger partial charge on any atom is 0.310 e. The van der Waals surface area contributed by atoms with Gasteiger partial charge in [-0.15, -0.1) is 0 Å². The number of nitrogens with zero attached hydrogens (tertiary/aromatic N) is 3. The second kappa shape index (κ2) is 4.76. The lowest BCUT2D eigenvalue weighted by Crippen LogP contribution is -2.50. The van der Waals surface area contributed by atoms with Crippen LogP contribution in [0.1, 0.15) is 5.56 Å². The van der Waals surface area contributed by atoms with Crippen LogP contribution in [0.3, 0.4) is 0 Å². The molecule has 0 aliphatic carbocycles. The van der Waals surface area contributed by atoms with Crippen LogP contribution in [-0.2, 0) is 4.79 Å². The number of rotatable bonds is 4. The fourth-order valence-corrected chi connectivity index (χ4v) is 2.16. The number of nitro benzene ring substituents is 2. The van der Waals surface area contributed by atoms with Crippen molar-refractivity contribution in [1.29, 1.82) is 0 Å². The SMILES string of the molecule is Cc1cc([N+](=O)[O-])c(N2CC(C(=O)O)C2)c([N+](=O)[O-])c1. The Morgan fingerprint density at radius 1 is 1.25 bits per heavy atom. The molecule has 0 atom stereocenters. The number of aliphatic carboxylic acids is 1. The van der Waals surface area contributed by atoms with Gasteiger partial charge in [0.2, 0.25) is 0 Å². The van der Waals surface area contributed by atoms with Gasteiger partial charge in [-0.2, -0.15) is 0 Å². The summed E-state index contributed by atoms with van der Waals surface area (Å²) in [5.74, 6) is -1.67. The molecule has 106 valence electrons. The van der Waals surface area contributed by atoms with Crippen LogP contribution in [0.2, 0.25) is 0 Å². The van der Waals surface area contributed by atoms with Gasteiger partial charge in [0.1, 0.15) is 0 Å². The highest BCUT2D eigenvalue weighted by Crippen LogP contribution is 2.41. The summed E-state index contributed by atoms with van der Waals surface area (Å²) in [5.41, 5.74) is -0.466. The van der Waals surface area contributed by atoms with Crippen LogP contribution in [0, 0.1) is 33.1 Å². The summed E-state index contributed by atoms with van der Waals surface area (Å²) in [7, 11) is 0. The predicted molar refractivity (Wildman–Crippen MR) is 67.8 cm³/mol. The molecule has 9 nitrogen and oxygen atoms in total. The minimum absolute atomic E-state index is 0.0279. The van der Waals surface area contributed by atoms with E-state index < -0.39 is 21.7 Å². The number of carbonyl (C=O) groups is 1. The third-order valence-corrected chi connectivity index (χ3v) is 3.15. The Morgan fingerprint density at radius 3 is 2.05 bits per heavy atom. The second-order valence-electron chi connectivity index (χ2n) is 4.61. The Labute approximate surface area is 112 Å². The molecule has 0 spiro atoms. The smallest absolute Gasteiger partial charge is 0.310 e. The molecule has 0 saturated carbocycles. The fraction of sp³-hybridized carbons (Fsp3) is 0.364. The number of hydrogen-bond donors (Lipinski definition) is 1. The maximum atomic E-state index is 11.0. The van der Waals surface area contributed by atoms with Crippen molar-refractivity contribution >= 4 is 23.0 Å². The molecule has 1 heterocycles. The van der Waals surface area contributed by atoms with Crippen molar-refractivity contribution < 1.29 is 19.7 Å². The van der Waals surface area contributed by atoms with Gasteiger partial charge in [0.05, 0.1) is 15.8 Å². The van der Waals surface area contributed by atoms with Gasteiger partial charge in [-0.1, -0.05) is 0 Å². The first-order valence-electron chi connectivity index (χ1n) is 5.72. The third kappa shape index (κ3) is 2.25. The Kier molecular flexibility index (Phi) is 3.26. The zero-order valence-corrected chi connectivity index (χ0v) is 10.5. The largest absolute Gasteiger partial charge is 0.481 e. The van der Waals surface area contributed by atoms with Crippen LogP contribution in [0.4, 0.5) is 17.1 Å². The first-order chi connectivity index (χ1) is 9.31. The van der Waals surface area contributed by atoms with Gasteiger partial charge < -0.3 is 10.0 Å². The summed E-state index contributed by atoms with van der Waals surface area (Å²) in [6, 6.07) is 2.49. The van der Waals surface area contributed by atoms with Gasteiger partial charge in [0.15, 0.2) is 5.69 Å². The Bertz CT molecular complexity index is 573. The van der Waals surface area contributed by atoms with Gasteiger partial charge in [-0.25, -0.2) is 0 Å². The molecule has 1 fully saturated rings. The van der Waals surface area contributed by atoms with Gasteiger partial charge >= 0.3 is 5.97 Å². The highest BCUT2D eigenvalue weighted by molar-refractivity contribution is 5.81. The number of carboxylic acids is 1. The highest BCUT2D eigenvalue weighted by atomic mass is 16.6. The minimum atomic E-state index is -1.02. The Balaban J connectivity index is 2.47. The normalized spacial score (nSPS) is 14.8.